The Hall–Kier alpha value is -2.19. The molecular weight excluding hydrogens is 433 g/mol. The average Bonchev–Trinajstić information content (AvgIpc) is 3.06. The number of anilines is 1. The molecule has 1 aromatic carbocycles. The molecule has 0 spiro atoms. The van der Waals surface area contributed by atoms with E-state index in [1.807, 2.05) is 4.90 Å². The zero-order valence-electron chi connectivity index (χ0n) is 16.8. The van der Waals surface area contributed by atoms with Crippen molar-refractivity contribution >= 4 is 23.3 Å². The molecule has 31 heavy (non-hydrogen) atoms. The first kappa shape index (κ1) is 22.0. The molecule has 4 rings (SSSR count). The number of β-amino-alcohol motifs (C(OH)–C–C–N with tert-alkyl or cyclic N) is 1. The first-order chi connectivity index (χ1) is 14.7. The molecule has 2 heterocycles. The number of benzene rings is 1. The van der Waals surface area contributed by atoms with Crippen LogP contribution in [0.2, 0.25) is 5.02 Å². The van der Waals surface area contributed by atoms with Crippen LogP contribution in [0.3, 0.4) is 0 Å². The van der Waals surface area contributed by atoms with Crippen LogP contribution in [-0.2, 0) is 30.2 Å². The van der Waals surface area contributed by atoms with E-state index in [0.29, 0.717) is 12.2 Å². The van der Waals surface area contributed by atoms with Gasteiger partial charge in [-0.05, 0) is 55.4 Å². The highest BCUT2D eigenvalue weighted by Gasteiger charge is 2.37. The molecule has 1 saturated heterocycles. The van der Waals surface area contributed by atoms with E-state index in [1.54, 1.807) is 0 Å². The summed E-state index contributed by atoms with van der Waals surface area (Å²) < 4.78 is 40.8. The number of aliphatic carboxylic acids is 1. The summed E-state index contributed by atoms with van der Waals surface area (Å²) in [5.74, 6) is -1.87. The molecule has 2 unspecified atom stereocenters. The van der Waals surface area contributed by atoms with Gasteiger partial charge in [0.15, 0.2) is 0 Å². The van der Waals surface area contributed by atoms with Gasteiger partial charge in [0, 0.05) is 35.9 Å². The Morgan fingerprint density at radius 2 is 2.00 bits per heavy atom. The third-order valence-corrected chi connectivity index (χ3v) is 6.69. The largest absolute Gasteiger partial charge is 0.481 e. The van der Waals surface area contributed by atoms with Crippen LogP contribution in [0.1, 0.15) is 47.3 Å². The lowest BCUT2D eigenvalue weighted by atomic mass is 9.91. The number of carbonyl (C=O) groups is 1. The molecule has 5 nitrogen and oxygen atoms in total. The maximum absolute atomic E-state index is 13.6. The number of alkyl halides is 3. The summed E-state index contributed by atoms with van der Waals surface area (Å²) >= 11 is 6.19. The van der Waals surface area contributed by atoms with Crippen molar-refractivity contribution in [1.29, 1.82) is 0 Å². The molecule has 2 atom stereocenters. The number of nitrogens with one attached hydrogen (secondary N) is 1. The number of carboxylic acids is 1. The lowest BCUT2D eigenvalue weighted by molar-refractivity contribution is -0.146. The van der Waals surface area contributed by atoms with Crippen molar-refractivity contribution in [3.8, 4) is 0 Å². The van der Waals surface area contributed by atoms with Crippen molar-refractivity contribution in [2.75, 3.05) is 18.0 Å². The van der Waals surface area contributed by atoms with E-state index in [9.17, 15) is 28.2 Å². The number of carboxylic acid groups (broad SMARTS) is 1. The number of fused-ring (bicyclic) bond motifs is 1. The van der Waals surface area contributed by atoms with E-state index in [2.05, 4.69) is 4.98 Å². The van der Waals surface area contributed by atoms with Crippen LogP contribution in [0.25, 0.3) is 0 Å². The van der Waals surface area contributed by atoms with Gasteiger partial charge in [-0.3, -0.25) is 4.79 Å². The summed E-state index contributed by atoms with van der Waals surface area (Å²) in [5.41, 5.74) is 2.74. The highest BCUT2D eigenvalue weighted by atomic mass is 35.5. The van der Waals surface area contributed by atoms with Crippen LogP contribution in [0.4, 0.5) is 18.9 Å². The molecule has 1 aliphatic heterocycles. The number of aromatic amines is 1. The normalized spacial score (nSPS) is 21.8. The Labute approximate surface area is 182 Å². The molecule has 168 valence electrons. The monoisotopic (exact) mass is 456 g/mol. The van der Waals surface area contributed by atoms with Crippen LogP contribution in [-0.4, -0.2) is 40.4 Å². The number of halogens is 4. The molecule has 1 aliphatic carbocycles. The summed E-state index contributed by atoms with van der Waals surface area (Å²) in [6.07, 6.45) is -1.74. The van der Waals surface area contributed by atoms with E-state index >= 15 is 0 Å². The Bertz CT molecular complexity index is 989. The Kier molecular flexibility index (Phi) is 5.96. The second-order valence-corrected chi connectivity index (χ2v) is 8.71. The van der Waals surface area contributed by atoms with Gasteiger partial charge >= 0.3 is 12.1 Å². The Morgan fingerprint density at radius 3 is 2.68 bits per heavy atom. The van der Waals surface area contributed by atoms with E-state index in [-0.39, 0.29) is 30.0 Å². The van der Waals surface area contributed by atoms with Gasteiger partial charge in [-0.1, -0.05) is 17.7 Å². The van der Waals surface area contributed by atoms with Gasteiger partial charge in [0.1, 0.15) is 0 Å². The molecule has 0 saturated carbocycles. The van der Waals surface area contributed by atoms with Crippen molar-refractivity contribution in [3.63, 3.8) is 0 Å². The smallest absolute Gasteiger partial charge is 0.416 e. The summed E-state index contributed by atoms with van der Waals surface area (Å²) in [6.45, 7) is 0.545. The predicted octanol–water partition coefficient (Wildman–Crippen LogP) is 4.43. The van der Waals surface area contributed by atoms with Crippen LogP contribution in [0.15, 0.2) is 18.2 Å². The fourth-order valence-electron chi connectivity index (χ4n) is 4.84. The molecule has 0 amide bonds. The number of H-pyrrole nitrogens is 1. The van der Waals surface area contributed by atoms with Gasteiger partial charge in [0.2, 0.25) is 0 Å². The number of aryl methyl sites for hydroxylation is 1. The summed E-state index contributed by atoms with van der Waals surface area (Å²) in [7, 11) is 0. The zero-order valence-corrected chi connectivity index (χ0v) is 17.6. The van der Waals surface area contributed by atoms with Gasteiger partial charge in [-0.15, -0.1) is 0 Å². The summed E-state index contributed by atoms with van der Waals surface area (Å²) in [6, 6.07) is 3.78. The standard InChI is InChI=1S/C22H24ClF3N2O3/c23-16-6-3-5-15(22(24,25)26)14(16)10-18-20(12-4-1-2-7-17(12)27-18)28-9-8-13(21(30)31)19(29)11-28/h3,5-6,13,19,27,29H,1-2,4,7-11H2,(H,30,31). The van der Waals surface area contributed by atoms with Crippen molar-refractivity contribution in [2.45, 2.75) is 50.8 Å². The third-order valence-electron chi connectivity index (χ3n) is 6.33. The minimum absolute atomic E-state index is 0.0116. The molecule has 9 heteroatoms. The van der Waals surface area contributed by atoms with E-state index in [0.717, 1.165) is 48.7 Å². The number of aliphatic hydroxyl groups excluding tert-OH is 1. The minimum atomic E-state index is -4.53. The van der Waals surface area contributed by atoms with Crippen molar-refractivity contribution in [1.82, 2.24) is 4.98 Å². The highest BCUT2D eigenvalue weighted by molar-refractivity contribution is 6.31. The van der Waals surface area contributed by atoms with Crippen molar-refractivity contribution < 1.29 is 28.2 Å². The van der Waals surface area contributed by atoms with Crippen LogP contribution in [0, 0.1) is 5.92 Å². The quantitative estimate of drug-likeness (QED) is 0.636. The number of rotatable bonds is 4. The molecular formula is C22H24ClF3N2O3. The number of piperidine rings is 1. The lowest BCUT2D eigenvalue weighted by Gasteiger charge is -2.36. The number of hydrogen-bond donors (Lipinski definition) is 3. The van der Waals surface area contributed by atoms with Crippen LogP contribution >= 0.6 is 11.6 Å². The Morgan fingerprint density at radius 1 is 1.26 bits per heavy atom. The summed E-state index contributed by atoms with van der Waals surface area (Å²) in [4.78, 5) is 16.6. The summed E-state index contributed by atoms with van der Waals surface area (Å²) in [5, 5.41) is 19.7. The van der Waals surface area contributed by atoms with Crippen molar-refractivity contribution in [2.24, 2.45) is 5.92 Å². The van der Waals surface area contributed by atoms with Gasteiger partial charge in [-0.25, -0.2) is 0 Å². The van der Waals surface area contributed by atoms with Gasteiger partial charge < -0.3 is 20.1 Å². The third kappa shape index (κ3) is 4.28. The highest BCUT2D eigenvalue weighted by Crippen LogP contribution is 2.41. The van der Waals surface area contributed by atoms with Crippen LogP contribution < -0.4 is 4.90 Å². The number of aliphatic hydroxyl groups is 1. The topological polar surface area (TPSA) is 76.6 Å². The fraction of sp³-hybridized carbons (Fsp3) is 0.500. The van der Waals surface area contributed by atoms with Gasteiger partial charge in [-0.2, -0.15) is 13.2 Å². The first-order valence-corrected chi connectivity index (χ1v) is 10.8. The second-order valence-electron chi connectivity index (χ2n) is 8.30. The zero-order chi connectivity index (χ0) is 22.3. The molecule has 1 fully saturated rings. The fourth-order valence-corrected chi connectivity index (χ4v) is 5.08. The number of nitrogens with zero attached hydrogens (tertiary/aromatic N) is 1. The molecule has 3 N–H and O–H groups in total. The van der Waals surface area contributed by atoms with Crippen molar-refractivity contribution in [3.05, 3.63) is 51.3 Å². The molecule has 2 aliphatic rings. The average molecular weight is 457 g/mol. The molecule has 0 bridgehead atoms. The molecule has 1 aromatic heterocycles. The predicted molar refractivity (Wildman–Crippen MR) is 111 cm³/mol. The lowest BCUT2D eigenvalue weighted by Crippen LogP contribution is -2.47. The number of hydrogen-bond acceptors (Lipinski definition) is 3. The van der Waals surface area contributed by atoms with E-state index in [4.69, 9.17) is 11.6 Å². The molecule has 0 radical (unpaired) electrons. The van der Waals surface area contributed by atoms with Gasteiger partial charge in [0.05, 0.1) is 23.3 Å². The second kappa shape index (κ2) is 8.39. The molecule has 2 aromatic rings. The van der Waals surface area contributed by atoms with E-state index < -0.39 is 29.7 Å². The maximum Gasteiger partial charge on any atom is 0.416 e. The first-order valence-electron chi connectivity index (χ1n) is 10.4. The van der Waals surface area contributed by atoms with E-state index in [1.165, 1.54) is 12.1 Å². The maximum atomic E-state index is 13.6. The van der Waals surface area contributed by atoms with Crippen LogP contribution in [0.5, 0.6) is 0 Å². The van der Waals surface area contributed by atoms with Gasteiger partial charge in [0.25, 0.3) is 0 Å². The number of aromatic nitrogens is 1. The Balaban J connectivity index is 1.74. The SMILES string of the molecule is O=C(O)C1CCN(c2c(Cc3c(Cl)cccc3C(F)(F)F)[nH]c3c2CCCC3)CC1O. The minimum Gasteiger partial charge on any atom is -0.481 e.